The van der Waals surface area contributed by atoms with Crippen LogP contribution in [0.2, 0.25) is 5.02 Å². The van der Waals surface area contributed by atoms with Gasteiger partial charge >= 0.3 is 0 Å². The molecule has 4 heteroatoms. The zero-order valence-electron chi connectivity index (χ0n) is 10.1. The molecule has 90 valence electrons. The number of aliphatic hydroxyl groups excluding tert-OH is 1. The average Bonchev–Trinajstić information content (AvgIpc) is 2.25. The van der Waals surface area contributed by atoms with E-state index >= 15 is 0 Å². The summed E-state index contributed by atoms with van der Waals surface area (Å²) in [6.07, 6.45) is 0. The van der Waals surface area contributed by atoms with Crippen LogP contribution in [0.4, 0.5) is 5.69 Å². The first kappa shape index (κ1) is 13.3. The number of hydrogen-bond acceptors (Lipinski definition) is 3. The van der Waals surface area contributed by atoms with Crippen molar-refractivity contribution in [3.8, 4) is 0 Å². The molecule has 0 aliphatic carbocycles. The molecule has 1 N–H and O–H groups in total. The summed E-state index contributed by atoms with van der Waals surface area (Å²) in [6, 6.07) is 5.60. The average molecular weight is 243 g/mol. The van der Waals surface area contributed by atoms with Crippen molar-refractivity contribution in [2.75, 3.05) is 39.1 Å². The molecule has 0 aliphatic rings. The van der Waals surface area contributed by atoms with Crippen LogP contribution in [0.15, 0.2) is 18.2 Å². The van der Waals surface area contributed by atoms with Crippen molar-refractivity contribution < 1.29 is 5.11 Å². The predicted octanol–water partition coefficient (Wildman–Crippen LogP) is 1.83. The fourth-order valence-corrected chi connectivity index (χ4v) is 1.92. The number of benzene rings is 1. The number of para-hydroxylation sites is 1. The molecule has 0 heterocycles. The second-order valence-corrected chi connectivity index (χ2v) is 4.54. The van der Waals surface area contributed by atoms with Crippen molar-refractivity contribution >= 4 is 17.3 Å². The van der Waals surface area contributed by atoms with E-state index < -0.39 is 0 Å². The SMILES string of the molecule is CN(C)CCN(C)c1c(Cl)cccc1CO. The molecule has 0 spiro atoms. The van der Waals surface area contributed by atoms with Gasteiger partial charge < -0.3 is 14.9 Å². The second kappa shape index (κ2) is 6.09. The van der Waals surface area contributed by atoms with Crippen molar-refractivity contribution in [2.45, 2.75) is 6.61 Å². The van der Waals surface area contributed by atoms with Gasteiger partial charge in [-0.1, -0.05) is 23.7 Å². The Morgan fingerprint density at radius 2 is 1.88 bits per heavy atom. The maximum absolute atomic E-state index is 9.27. The molecular weight excluding hydrogens is 224 g/mol. The molecule has 0 fully saturated rings. The van der Waals surface area contributed by atoms with E-state index in [1.54, 1.807) is 0 Å². The minimum Gasteiger partial charge on any atom is -0.392 e. The molecule has 16 heavy (non-hydrogen) atoms. The molecule has 0 aliphatic heterocycles. The molecule has 1 rings (SSSR count). The Morgan fingerprint density at radius 3 is 2.44 bits per heavy atom. The lowest BCUT2D eigenvalue weighted by Crippen LogP contribution is -2.29. The van der Waals surface area contributed by atoms with Crippen LogP contribution in [-0.4, -0.2) is 44.2 Å². The van der Waals surface area contributed by atoms with Crippen LogP contribution < -0.4 is 4.90 Å². The lowest BCUT2D eigenvalue weighted by Gasteiger charge is -2.24. The van der Waals surface area contributed by atoms with E-state index in [0.29, 0.717) is 5.02 Å². The highest BCUT2D eigenvalue weighted by atomic mass is 35.5. The summed E-state index contributed by atoms with van der Waals surface area (Å²) < 4.78 is 0. The summed E-state index contributed by atoms with van der Waals surface area (Å²) in [7, 11) is 6.06. The molecule has 1 aromatic carbocycles. The van der Waals surface area contributed by atoms with Crippen LogP contribution >= 0.6 is 11.6 Å². The Kier molecular flexibility index (Phi) is 5.06. The smallest absolute Gasteiger partial charge is 0.0702 e. The highest BCUT2D eigenvalue weighted by molar-refractivity contribution is 6.33. The van der Waals surface area contributed by atoms with Gasteiger partial charge in [0.25, 0.3) is 0 Å². The van der Waals surface area contributed by atoms with Crippen molar-refractivity contribution in [1.82, 2.24) is 4.90 Å². The van der Waals surface area contributed by atoms with Gasteiger partial charge in [-0.3, -0.25) is 0 Å². The summed E-state index contributed by atoms with van der Waals surface area (Å²) in [4.78, 5) is 4.19. The van der Waals surface area contributed by atoms with Gasteiger partial charge in [-0.25, -0.2) is 0 Å². The normalized spacial score (nSPS) is 10.9. The number of nitrogens with zero attached hydrogens (tertiary/aromatic N) is 2. The van der Waals surface area contributed by atoms with Crippen LogP contribution in [0.1, 0.15) is 5.56 Å². The van der Waals surface area contributed by atoms with Crippen LogP contribution in [0.5, 0.6) is 0 Å². The van der Waals surface area contributed by atoms with Crippen molar-refractivity contribution in [1.29, 1.82) is 0 Å². The number of likely N-dealkylation sites (N-methyl/N-ethyl adjacent to an activating group) is 2. The summed E-state index contributed by atoms with van der Waals surface area (Å²) in [5, 5.41) is 9.96. The van der Waals surface area contributed by atoms with Crippen molar-refractivity contribution in [3.05, 3.63) is 28.8 Å². The van der Waals surface area contributed by atoms with E-state index in [9.17, 15) is 5.11 Å². The first-order chi connectivity index (χ1) is 7.56. The monoisotopic (exact) mass is 242 g/mol. The van der Waals surface area contributed by atoms with Crippen LogP contribution in [0.25, 0.3) is 0 Å². The Hall–Kier alpha value is -0.770. The Bertz CT molecular complexity index is 342. The number of anilines is 1. The third-order valence-electron chi connectivity index (χ3n) is 2.51. The van der Waals surface area contributed by atoms with Gasteiger partial charge in [0.2, 0.25) is 0 Å². The molecule has 0 radical (unpaired) electrons. The molecule has 1 aromatic rings. The molecule has 0 aromatic heterocycles. The third kappa shape index (κ3) is 3.37. The molecule has 3 nitrogen and oxygen atoms in total. The van der Waals surface area contributed by atoms with E-state index in [-0.39, 0.29) is 6.61 Å². The number of hydrogen-bond donors (Lipinski definition) is 1. The van der Waals surface area contributed by atoms with Gasteiger partial charge in [-0.15, -0.1) is 0 Å². The van der Waals surface area contributed by atoms with Gasteiger partial charge in [-0.2, -0.15) is 0 Å². The fraction of sp³-hybridized carbons (Fsp3) is 0.500. The standard InChI is InChI=1S/C12H19ClN2O/c1-14(2)7-8-15(3)12-10(9-16)5-4-6-11(12)13/h4-6,16H,7-9H2,1-3H3. The lowest BCUT2D eigenvalue weighted by atomic mass is 10.1. The van der Waals surface area contributed by atoms with E-state index in [1.165, 1.54) is 0 Å². The van der Waals surface area contributed by atoms with Gasteiger partial charge in [0.15, 0.2) is 0 Å². The van der Waals surface area contributed by atoms with Crippen LogP contribution in [0, 0.1) is 0 Å². The molecule has 0 saturated carbocycles. The Balaban J connectivity index is 2.84. The minimum absolute atomic E-state index is 0.0161. The summed E-state index contributed by atoms with van der Waals surface area (Å²) >= 11 is 6.15. The minimum atomic E-state index is 0.0161. The van der Waals surface area contributed by atoms with Gasteiger partial charge in [-0.05, 0) is 20.2 Å². The van der Waals surface area contributed by atoms with E-state index in [1.807, 2.05) is 39.3 Å². The largest absolute Gasteiger partial charge is 0.392 e. The zero-order valence-corrected chi connectivity index (χ0v) is 10.8. The number of aliphatic hydroxyl groups is 1. The second-order valence-electron chi connectivity index (χ2n) is 4.13. The van der Waals surface area contributed by atoms with Crippen LogP contribution in [-0.2, 0) is 6.61 Å². The first-order valence-electron chi connectivity index (χ1n) is 5.30. The van der Waals surface area contributed by atoms with Crippen molar-refractivity contribution in [2.24, 2.45) is 0 Å². The molecule has 0 bridgehead atoms. The molecule has 0 amide bonds. The summed E-state index contributed by atoms with van der Waals surface area (Å²) in [5.41, 5.74) is 1.79. The predicted molar refractivity (Wildman–Crippen MR) is 69.2 cm³/mol. The molecule has 0 saturated heterocycles. The Labute approximate surface area is 102 Å². The van der Waals surface area contributed by atoms with Gasteiger partial charge in [0.05, 0.1) is 17.3 Å². The summed E-state index contributed by atoms with van der Waals surface area (Å²) in [5.74, 6) is 0. The lowest BCUT2D eigenvalue weighted by molar-refractivity contribution is 0.282. The van der Waals surface area contributed by atoms with Gasteiger partial charge in [0.1, 0.15) is 0 Å². The van der Waals surface area contributed by atoms with Crippen molar-refractivity contribution in [3.63, 3.8) is 0 Å². The van der Waals surface area contributed by atoms with E-state index in [4.69, 9.17) is 11.6 Å². The van der Waals surface area contributed by atoms with Gasteiger partial charge in [0, 0.05) is 25.7 Å². The topological polar surface area (TPSA) is 26.7 Å². The zero-order chi connectivity index (χ0) is 12.1. The third-order valence-corrected chi connectivity index (χ3v) is 2.81. The van der Waals surface area contributed by atoms with Crippen LogP contribution in [0.3, 0.4) is 0 Å². The molecule has 0 unspecified atom stereocenters. The molecule has 0 atom stereocenters. The molecular formula is C12H19ClN2O. The first-order valence-corrected chi connectivity index (χ1v) is 5.68. The van der Waals surface area contributed by atoms with E-state index in [0.717, 1.165) is 24.3 Å². The quantitative estimate of drug-likeness (QED) is 0.854. The highest BCUT2D eigenvalue weighted by Crippen LogP contribution is 2.28. The fourth-order valence-electron chi connectivity index (χ4n) is 1.58. The number of halogens is 1. The summed E-state index contributed by atoms with van der Waals surface area (Å²) in [6.45, 7) is 1.85. The van der Waals surface area contributed by atoms with E-state index in [2.05, 4.69) is 9.80 Å². The highest BCUT2D eigenvalue weighted by Gasteiger charge is 2.10. The maximum atomic E-state index is 9.27. The number of rotatable bonds is 5. The maximum Gasteiger partial charge on any atom is 0.0702 e. The Morgan fingerprint density at radius 1 is 1.19 bits per heavy atom.